The molecule has 0 aromatic rings. The van der Waals surface area contributed by atoms with Crippen LogP contribution in [0.15, 0.2) is 12.7 Å². The number of hydrogen-bond donors (Lipinski definition) is 1. The zero-order chi connectivity index (χ0) is 18.3. The highest BCUT2D eigenvalue weighted by molar-refractivity contribution is 4.97. The summed E-state index contributed by atoms with van der Waals surface area (Å²) in [6, 6.07) is 0. The second kappa shape index (κ2) is 10.9. The normalized spacial score (nSPS) is 40.1. The maximum absolute atomic E-state index is 6.75. The molecule has 2 rings (SSSR count). The van der Waals surface area contributed by atoms with E-state index in [4.69, 9.17) is 5.73 Å². The van der Waals surface area contributed by atoms with Crippen molar-refractivity contribution in [2.24, 2.45) is 28.9 Å². The molecule has 0 amide bonds. The van der Waals surface area contributed by atoms with Gasteiger partial charge >= 0.3 is 0 Å². The van der Waals surface area contributed by atoms with Gasteiger partial charge in [0.05, 0.1) is 0 Å². The molecule has 154 valence electrons. The fraction of sp³-hybridized carbons (Fsp3) is 0.920. The van der Waals surface area contributed by atoms with Crippen molar-refractivity contribution in [1.82, 2.24) is 0 Å². The lowest BCUT2D eigenvalue weighted by Gasteiger charge is -2.41. The highest BCUT2D eigenvalue weighted by Gasteiger charge is 2.45. The number of nitrogens with two attached hydrogens (primary N) is 1. The number of allylic oxidation sites excluding steroid dienone is 1. The third kappa shape index (κ3) is 6.11. The highest BCUT2D eigenvalue weighted by Crippen LogP contribution is 2.55. The Kier molecular flexibility index (Phi) is 9.94. The maximum atomic E-state index is 6.75. The Morgan fingerprint density at radius 3 is 2.27 bits per heavy atom. The minimum atomic E-state index is 0. The van der Waals surface area contributed by atoms with E-state index in [1.807, 2.05) is 0 Å². The smallest absolute Gasteiger partial charge is 0.0151 e. The van der Waals surface area contributed by atoms with Gasteiger partial charge in [-0.15, -0.1) is 6.58 Å². The van der Waals surface area contributed by atoms with Crippen LogP contribution in [-0.4, -0.2) is 5.54 Å². The number of hydrogen-bond acceptors (Lipinski definition) is 1. The summed E-state index contributed by atoms with van der Waals surface area (Å²) in [7, 11) is 0. The van der Waals surface area contributed by atoms with Crippen molar-refractivity contribution in [3.63, 3.8) is 0 Å². The van der Waals surface area contributed by atoms with Crippen molar-refractivity contribution in [3.05, 3.63) is 12.7 Å². The van der Waals surface area contributed by atoms with E-state index in [-0.39, 0.29) is 13.0 Å². The molecular weight excluding hydrogens is 314 g/mol. The van der Waals surface area contributed by atoms with Crippen molar-refractivity contribution < 1.29 is 0 Å². The van der Waals surface area contributed by atoms with E-state index in [1.165, 1.54) is 89.9 Å². The summed E-state index contributed by atoms with van der Waals surface area (Å²) in [6.45, 7) is 11.3. The summed E-state index contributed by atoms with van der Waals surface area (Å²) in [6.07, 6.45) is 21.4. The van der Waals surface area contributed by atoms with Crippen molar-refractivity contribution >= 4 is 0 Å². The van der Waals surface area contributed by atoms with Gasteiger partial charge in [0.2, 0.25) is 0 Å². The van der Waals surface area contributed by atoms with Gasteiger partial charge in [0.25, 0.3) is 0 Å². The number of rotatable bonds is 3. The van der Waals surface area contributed by atoms with Crippen LogP contribution in [0.2, 0.25) is 0 Å². The summed E-state index contributed by atoms with van der Waals surface area (Å²) in [5.74, 6) is 2.48. The second-order valence-electron chi connectivity index (χ2n) is 9.95. The first-order valence-corrected chi connectivity index (χ1v) is 11.3. The van der Waals surface area contributed by atoms with Crippen LogP contribution in [0.5, 0.6) is 0 Å². The average molecular weight is 364 g/mol. The quantitative estimate of drug-likeness (QED) is 0.507. The van der Waals surface area contributed by atoms with Crippen molar-refractivity contribution in [2.75, 3.05) is 0 Å². The minimum Gasteiger partial charge on any atom is -0.325 e. The third-order valence-electron chi connectivity index (χ3n) is 8.21. The Labute approximate surface area is 165 Å². The highest BCUT2D eigenvalue weighted by atomic mass is 14.7. The molecular formula is C25H49N. The number of fused-ring (bicyclic) bond motifs is 1. The largest absolute Gasteiger partial charge is 0.325 e. The third-order valence-corrected chi connectivity index (χ3v) is 8.21. The minimum absolute atomic E-state index is 0. The summed E-state index contributed by atoms with van der Waals surface area (Å²) in [5.41, 5.74) is 7.31. The van der Waals surface area contributed by atoms with E-state index >= 15 is 0 Å². The summed E-state index contributed by atoms with van der Waals surface area (Å²) < 4.78 is 0. The Hall–Kier alpha value is -0.300. The molecule has 2 saturated carbocycles. The molecule has 0 heterocycles. The second-order valence-corrected chi connectivity index (χ2v) is 9.95. The molecule has 0 radical (unpaired) electrons. The molecule has 1 nitrogen and oxygen atoms in total. The fourth-order valence-electron chi connectivity index (χ4n) is 5.78. The Balaban J connectivity index is 0.00000338. The SMILES string of the molecule is C.C=CCCC1CCC2CCCCCCCCC(C)(N)C(C)CCC12C. The molecule has 5 unspecified atom stereocenters. The van der Waals surface area contributed by atoms with E-state index in [0.717, 1.165) is 11.8 Å². The van der Waals surface area contributed by atoms with Crippen LogP contribution in [0, 0.1) is 23.2 Å². The van der Waals surface area contributed by atoms with Gasteiger partial charge in [0.15, 0.2) is 0 Å². The first-order chi connectivity index (χ1) is 11.9. The molecule has 0 aromatic carbocycles. The van der Waals surface area contributed by atoms with Crippen LogP contribution >= 0.6 is 0 Å². The predicted molar refractivity (Wildman–Crippen MR) is 118 cm³/mol. The van der Waals surface area contributed by atoms with Crippen LogP contribution in [0.25, 0.3) is 0 Å². The summed E-state index contributed by atoms with van der Waals surface area (Å²) in [4.78, 5) is 0. The van der Waals surface area contributed by atoms with E-state index in [0.29, 0.717) is 11.3 Å². The molecule has 0 aliphatic heterocycles. The lowest BCUT2D eigenvalue weighted by atomic mass is 9.65. The van der Waals surface area contributed by atoms with Crippen molar-refractivity contribution in [1.29, 1.82) is 0 Å². The van der Waals surface area contributed by atoms with Gasteiger partial charge in [-0.2, -0.15) is 0 Å². The van der Waals surface area contributed by atoms with Crippen molar-refractivity contribution in [3.8, 4) is 0 Å². The summed E-state index contributed by atoms with van der Waals surface area (Å²) in [5, 5.41) is 0. The van der Waals surface area contributed by atoms with Crippen LogP contribution in [0.4, 0.5) is 0 Å². The van der Waals surface area contributed by atoms with E-state index in [2.05, 4.69) is 33.4 Å². The maximum Gasteiger partial charge on any atom is 0.0151 e. The van der Waals surface area contributed by atoms with Gasteiger partial charge in [0, 0.05) is 5.54 Å². The van der Waals surface area contributed by atoms with E-state index < -0.39 is 0 Å². The Morgan fingerprint density at radius 1 is 0.923 bits per heavy atom. The van der Waals surface area contributed by atoms with Gasteiger partial charge in [-0.25, -0.2) is 0 Å². The lowest BCUT2D eigenvalue weighted by molar-refractivity contribution is 0.106. The van der Waals surface area contributed by atoms with Crippen LogP contribution in [-0.2, 0) is 0 Å². The monoisotopic (exact) mass is 363 g/mol. The molecule has 0 aromatic heterocycles. The molecule has 0 spiro atoms. The first-order valence-electron chi connectivity index (χ1n) is 11.3. The van der Waals surface area contributed by atoms with Gasteiger partial charge < -0.3 is 5.73 Å². The fourth-order valence-corrected chi connectivity index (χ4v) is 5.78. The molecule has 2 aliphatic carbocycles. The van der Waals surface area contributed by atoms with Gasteiger partial charge in [-0.05, 0) is 81.5 Å². The molecule has 5 atom stereocenters. The standard InChI is InChI=1S/C24H45N.CH4/c1-5-6-13-21-15-16-22-14-11-9-7-8-10-12-18-24(4,25)20(2)17-19-23(21,22)3;/h5,20-22H,1,6-19,25H2,2-4H3;1H4. The predicted octanol–water partition coefficient (Wildman–Crippen LogP) is 7.89. The first kappa shape index (κ1) is 23.7. The van der Waals surface area contributed by atoms with E-state index in [1.54, 1.807) is 0 Å². The van der Waals surface area contributed by atoms with Gasteiger partial charge in [-0.3, -0.25) is 0 Å². The molecule has 0 saturated heterocycles. The lowest BCUT2D eigenvalue weighted by Crippen LogP contribution is -2.43. The summed E-state index contributed by atoms with van der Waals surface area (Å²) >= 11 is 0. The Bertz CT molecular complexity index is 399. The zero-order valence-electron chi connectivity index (χ0n) is 17.5. The van der Waals surface area contributed by atoms with Crippen LogP contribution < -0.4 is 5.73 Å². The molecule has 26 heavy (non-hydrogen) atoms. The molecule has 2 aliphatic rings. The van der Waals surface area contributed by atoms with Crippen LogP contribution in [0.1, 0.15) is 118 Å². The van der Waals surface area contributed by atoms with E-state index in [9.17, 15) is 0 Å². The average Bonchev–Trinajstić information content (AvgIpc) is 2.88. The topological polar surface area (TPSA) is 26.0 Å². The van der Waals surface area contributed by atoms with Gasteiger partial charge in [-0.1, -0.05) is 65.9 Å². The molecule has 1 heteroatoms. The van der Waals surface area contributed by atoms with Crippen LogP contribution in [0.3, 0.4) is 0 Å². The van der Waals surface area contributed by atoms with Gasteiger partial charge in [0.1, 0.15) is 0 Å². The molecule has 2 fully saturated rings. The molecule has 2 N–H and O–H groups in total. The zero-order valence-corrected chi connectivity index (χ0v) is 17.5. The van der Waals surface area contributed by atoms with Crippen molar-refractivity contribution in [2.45, 2.75) is 124 Å². The molecule has 0 bridgehead atoms. The Morgan fingerprint density at radius 2 is 1.58 bits per heavy atom.